The first-order chi connectivity index (χ1) is 8.10. The quantitative estimate of drug-likeness (QED) is 0.772. The molecule has 0 radical (unpaired) electrons. The number of hydrogen-bond donors (Lipinski definition) is 1. The fourth-order valence-corrected chi connectivity index (χ4v) is 1.89. The fraction of sp³-hybridized carbons (Fsp3) is 0.571. The zero-order valence-electron chi connectivity index (χ0n) is 11.4. The van der Waals surface area contributed by atoms with E-state index >= 15 is 0 Å². The van der Waals surface area contributed by atoms with Crippen molar-refractivity contribution < 1.29 is 4.74 Å². The summed E-state index contributed by atoms with van der Waals surface area (Å²) in [5.74, 6) is 0. The average molecular weight is 236 g/mol. The standard InChI is InChI=1S/C14H24N2O/c1-5-12(3)16(8-9-17-4)14-10-11(2)6-7-13(14)15/h6-7,10,12H,5,8-9,15H2,1-4H3. The molecular formula is C14H24N2O. The lowest BCUT2D eigenvalue weighted by Gasteiger charge is -2.31. The van der Waals surface area contributed by atoms with Gasteiger partial charge in [0.25, 0.3) is 0 Å². The molecule has 3 heteroatoms. The third-order valence-electron chi connectivity index (χ3n) is 3.15. The van der Waals surface area contributed by atoms with Crippen molar-refractivity contribution in [3.63, 3.8) is 0 Å². The number of ether oxygens (including phenoxy) is 1. The third kappa shape index (κ3) is 3.63. The lowest BCUT2D eigenvalue weighted by molar-refractivity contribution is 0.203. The summed E-state index contributed by atoms with van der Waals surface area (Å²) in [7, 11) is 1.73. The van der Waals surface area contributed by atoms with Crippen LogP contribution in [-0.4, -0.2) is 26.3 Å². The first-order valence-electron chi connectivity index (χ1n) is 6.21. The molecule has 1 unspecified atom stereocenters. The smallest absolute Gasteiger partial charge is 0.0637 e. The monoisotopic (exact) mass is 236 g/mol. The van der Waals surface area contributed by atoms with E-state index in [1.165, 1.54) is 5.56 Å². The molecular weight excluding hydrogens is 212 g/mol. The first kappa shape index (κ1) is 13.8. The Kier molecular flexibility index (Phi) is 5.29. The molecule has 3 nitrogen and oxygen atoms in total. The molecule has 0 aromatic heterocycles. The van der Waals surface area contributed by atoms with E-state index in [-0.39, 0.29) is 0 Å². The Hall–Kier alpha value is -1.22. The van der Waals surface area contributed by atoms with E-state index < -0.39 is 0 Å². The first-order valence-corrected chi connectivity index (χ1v) is 6.21. The summed E-state index contributed by atoms with van der Waals surface area (Å²) in [4.78, 5) is 2.33. The van der Waals surface area contributed by atoms with E-state index in [2.05, 4.69) is 31.7 Å². The molecule has 0 aliphatic rings. The van der Waals surface area contributed by atoms with Crippen LogP contribution in [0.2, 0.25) is 0 Å². The van der Waals surface area contributed by atoms with Gasteiger partial charge in [-0.15, -0.1) is 0 Å². The van der Waals surface area contributed by atoms with Gasteiger partial charge in [-0.2, -0.15) is 0 Å². The highest BCUT2D eigenvalue weighted by Crippen LogP contribution is 2.26. The summed E-state index contributed by atoms with van der Waals surface area (Å²) in [5, 5.41) is 0. The maximum atomic E-state index is 6.07. The van der Waals surface area contributed by atoms with Gasteiger partial charge in [0.2, 0.25) is 0 Å². The van der Waals surface area contributed by atoms with E-state index in [1.54, 1.807) is 7.11 Å². The molecule has 1 rings (SSSR count). The van der Waals surface area contributed by atoms with Crippen molar-refractivity contribution in [1.29, 1.82) is 0 Å². The third-order valence-corrected chi connectivity index (χ3v) is 3.15. The van der Waals surface area contributed by atoms with Gasteiger partial charge in [-0.25, -0.2) is 0 Å². The number of nitrogens with two attached hydrogens (primary N) is 1. The van der Waals surface area contributed by atoms with Crippen molar-refractivity contribution in [2.24, 2.45) is 0 Å². The molecule has 17 heavy (non-hydrogen) atoms. The maximum absolute atomic E-state index is 6.07. The van der Waals surface area contributed by atoms with Crippen molar-refractivity contribution in [3.8, 4) is 0 Å². The van der Waals surface area contributed by atoms with Crippen molar-refractivity contribution in [3.05, 3.63) is 23.8 Å². The topological polar surface area (TPSA) is 38.5 Å². The van der Waals surface area contributed by atoms with Crippen LogP contribution < -0.4 is 10.6 Å². The van der Waals surface area contributed by atoms with Gasteiger partial charge in [-0.05, 0) is 38.0 Å². The predicted octanol–water partition coefficient (Wildman–Crippen LogP) is 2.83. The van der Waals surface area contributed by atoms with Gasteiger partial charge in [-0.3, -0.25) is 0 Å². The fourth-order valence-electron chi connectivity index (χ4n) is 1.89. The number of nitrogen functional groups attached to an aromatic ring is 1. The van der Waals surface area contributed by atoms with Crippen molar-refractivity contribution in [2.45, 2.75) is 33.2 Å². The van der Waals surface area contributed by atoms with Crippen molar-refractivity contribution in [1.82, 2.24) is 0 Å². The molecule has 0 fully saturated rings. The van der Waals surface area contributed by atoms with E-state index in [0.717, 1.165) is 30.9 Å². The SMILES string of the molecule is CCC(C)N(CCOC)c1cc(C)ccc1N. The molecule has 96 valence electrons. The Morgan fingerprint density at radius 3 is 2.71 bits per heavy atom. The van der Waals surface area contributed by atoms with E-state index in [0.29, 0.717) is 6.04 Å². The summed E-state index contributed by atoms with van der Waals surface area (Å²) in [6.45, 7) is 8.10. The summed E-state index contributed by atoms with van der Waals surface area (Å²) in [6.07, 6.45) is 1.09. The summed E-state index contributed by atoms with van der Waals surface area (Å²) >= 11 is 0. The average Bonchev–Trinajstić information content (AvgIpc) is 2.33. The minimum atomic E-state index is 0.467. The van der Waals surface area contributed by atoms with Crippen LogP contribution in [0.15, 0.2) is 18.2 Å². The number of anilines is 2. The van der Waals surface area contributed by atoms with Crippen LogP contribution in [0.4, 0.5) is 11.4 Å². The second-order valence-corrected chi connectivity index (χ2v) is 4.51. The normalized spacial score (nSPS) is 12.5. The predicted molar refractivity (Wildman–Crippen MR) is 74.6 cm³/mol. The number of nitrogens with zero attached hydrogens (tertiary/aromatic N) is 1. The van der Waals surface area contributed by atoms with Crippen LogP contribution in [0.25, 0.3) is 0 Å². The Bertz CT molecular complexity index is 352. The molecule has 0 bridgehead atoms. The Balaban J connectivity index is 2.98. The van der Waals surface area contributed by atoms with Crippen LogP contribution in [0.5, 0.6) is 0 Å². The maximum Gasteiger partial charge on any atom is 0.0637 e. The minimum Gasteiger partial charge on any atom is -0.397 e. The van der Waals surface area contributed by atoms with Crippen LogP contribution in [-0.2, 0) is 4.74 Å². The van der Waals surface area contributed by atoms with Gasteiger partial charge in [0.05, 0.1) is 18.0 Å². The molecule has 0 aliphatic heterocycles. The van der Waals surface area contributed by atoms with Gasteiger partial charge in [0.15, 0.2) is 0 Å². The number of aryl methyl sites for hydroxylation is 1. The van der Waals surface area contributed by atoms with Gasteiger partial charge >= 0.3 is 0 Å². The summed E-state index contributed by atoms with van der Waals surface area (Å²) < 4.78 is 5.18. The van der Waals surface area contributed by atoms with Crippen LogP contribution in [0, 0.1) is 6.92 Å². The number of rotatable bonds is 6. The number of methoxy groups -OCH3 is 1. The van der Waals surface area contributed by atoms with Crippen molar-refractivity contribution in [2.75, 3.05) is 30.9 Å². The zero-order valence-corrected chi connectivity index (χ0v) is 11.4. The molecule has 1 aromatic carbocycles. The lowest BCUT2D eigenvalue weighted by Crippen LogP contribution is -2.36. The molecule has 0 spiro atoms. The highest BCUT2D eigenvalue weighted by molar-refractivity contribution is 5.68. The molecule has 0 aliphatic carbocycles. The van der Waals surface area contributed by atoms with Crippen LogP contribution in [0.3, 0.4) is 0 Å². The van der Waals surface area contributed by atoms with Crippen LogP contribution in [0.1, 0.15) is 25.8 Å². The van der Waals surface area contributed by atoms with Gasteiger partial charge in [0.1, 0.15) is 0 Å². The molecule has 0 saturated carbocycles. The number of hydrogen-bond acceptors (Lipinski definition) is 3. The molecule has 0 heterocycles. The van der Waals surface area contributed by atoms with E-state index in [9.17, 15) is 0 Å². The van der Waals surface area contributed by atoms with Gasteiger partial charge < -0.3 is 15.4 Å². The summed E-state index contributed by atoms with van der Waals surface area (Å²) in [5.41, 5.74) is 9.27. The second kappa shape index (κ2) is 6.50. The molecule has 1 aromatic rings. The Morgan fingerprint density at radius 1 is 1.41 bits per heavy atom. The highest BCUT2D eigenvalue weighted by Gasteiger charge is 2.15. The minimum absolute atomic E-state index is 0.467. The largest absolute Gasteiger partial charge is 0.397 e. The van der Waals surface area contributed by atoms with E-state index in [4.69, 9.17) is 10.5 Å². The molecule has 0 amide bonds. The van der Waals surface area contributed by atoms with Crippen molar-refractivity contribution >= 4 is 11.4 Å². The Morgan fingerprint density at radius 2 is 2.12 bits per heavy atom. The zero-order chi connectivity index (χ0) is 12.8. The molecule has 2 N–H and O–H groups in total. The summed E-state index contributed by atoms with van der Waals surface area (Å²) in [6, 6.07) is 6.64. The van der Waals surface area contributed by atoms with E-state index in [1.807, 2.05) is 12.1 Å². The van der Waals surface area contributed by atoms with Crippen LogP contribution >= 0.6 is 0 Å². The number of benzene rings is 1. The van der Waals surface area contributed by atoms with Gasteiger partial charge in [0, 0.05) is 19.7 Å². The Labute approximate surface area is 105 Å². The van der Waals surface area contributed by atoms with Gasteiger partial charge in [-0.1, -0.05) is 13.0 Å². The highest BCUT2D eigenvalue weighted by atomic mass is 16.5. The molecule has 0 saturated heterocycles. The second-order valence-electron chi connectivity index (χ2n) is 4.51. The molecule has 1 atom stereocenters. The lowest BCUT2D eigenvalue weighted by atomic mass is 10.1.